The van der Waals surface area contributed by atoms with Crippen LogP contribution in [-0.4, -0.2) is 67.4 Å². The minimum absolute atomic E-state index is 0.0968. The largest absolute Gasteiger partial charge is 0.360 e. The lowest BCUT2D eigenvalue weighted by Gasteiger charge is -2.29. The number of benzene rings is 1. The van der Waals surface area contributed by atoms with Crippen molar-refractivity contribution in [2.24, 2.45) is 0 Å². The summed E-state index contributed by atoms with van der Waals surface area (Å²) in [5, 5.41) is 8.72. The molecule has 1 aliphatic heterocycles. The molecule has 11 heteroatoms. The van der Waals surface area contributed by atoms with Crippen LogP contribution in [0.4, 0.5) is 4.79 Å². The SMILES string of the molecule is CCNC(=O)NC(=O)C(c1ccccc1)N1CCCN(S(=O)(=O)c2c(C)noc2C)CC1. The number of imide groups is 1. The van der Waals surface area contributed by atoms with Crippen LogP contribution >= 0.6 is 0 Å². The number of urea groups is 1. The summed E-state index contributed by atoms with van der Waals surface area (Å²) in [6.45, 7) is 6.67. The van der Waals surface area contributed by atoms with Gasteiger partial charge < -0.3 is 9.84 Å². The Morgan fingerprint density at radius 1 is 1.12 bits per heavy atom. The van der Waals surface area contributed by atoms with Crippen LogP contribution in [0.2, 0.25) is 0 Å². The lowest BCUT2D eigenvalue weighted by molar-refractivity contribution is -0.125. The monoisotopic (exact) mass is 463 g/mol. The first kappa shape index (κ1) is 23.9. The van der Waals surface area contributed by atoms with Crippen LogP contribution in [0, 0.1) is 13.8 Å². The number of sulfonamides is 1. The van der Waals surface area contributed by atoms with Gasteiger partial charge in [-0.3, -0.25) is 15.0 Å². The Morgan fingerprint density at radius 3 is 2.47 bits per heavy atom. The molecular formula is C21H29N5O5S. The van der Waals surface area contributed by atoms with E-state index in [9.17, 15) is 18.0 Å². The maximum atomic E-state index is 13.2. The number of carbonyl (C=O) groups excluding carboxylic acids is 2. The number of nitrogens with zero attached hydrogens (tertiary/aromatic N) is 3. The number of aromatic nitrogens is 1. The van der Waals surface area contributed by atoms with Crippen molar-refractivity contribution in [1.82, 2.24) is 25.0 Å². The third-order valence-electron chi connectivity index (χ3n) is 5.36. The van der Waals surface area contributed by atoms with Gasteiger partial charge in [0.25, 0.3) is 0 Å². The summed E-state index contributed by atoms with van der Waals surface area (Å²) in [4.78, 5) is 27.0. The molecule has 0 radical (unpaired) electrons. The minimum Gasteiger partial charge on any atom is -0.360 e. The van der Waals surface area contributed by atoms with E-state index in [0.29, 0.717) is 38.3 Å². The molecule has 1 atom stereocenters. The molecule has 3 amide bonds. The highest BCUT2D eigenvalue weighted by molar-refractivity contribution is 7.89. The average Bonchev–Trinajstić information content (AvgIpc) is 2.94. The van der Waals surface area contributed by atoms with E-state index in [1.807, 2.05) is 35.2 Å². The van der Waals surface area contributed by atoms with Crippen molar-refractivity contribution in [1.29, 1.82) is 0 Å². The van der Waals surface area contributed by atoms with Crippen molar-refractivity contribution in [2.45, 2.75) is 38.1 Å². The zero-order valence-corrected chi connectivity index (χ0v) is 19.3. The van der Waals surface area contributed by atoms with E-state index < -0.39 is 28.0 Å². The van der Waals surface area contributed by atoms with E-state index >= 15 is 0 Å². The molecule has 32 heavy (non-hydrogen) atoms. The second kappa shape index (κ2) is 10.2. The molecule has 10 nitrogen and oxygen atoms in total. The van der Waals surface area contributed by atoms with Crippen LogP contribution in [0.25, 0.3) is 0 Å². The zero-order valence-electron chi connectivity index (χ0n) is 18.5. The molecule has 3 rings (SSSR count). The van der Waals surface area contributed by atoms with Gasteiger partial charge in [0.05, 0.1) is 0 Å². The number of rotatable bonds is 6. The lowest BCUT2D eigenvalue weighted by Crippen LogP contribution is -2.47. The number of hydrogen-bond donors (Lipinski definition) is 2. The average molecular weight is 464 g/mol. The van der Waals surface area contributed by atoms with E-state index in [-0.39, 0.29) is 17.2 Å². The van der Waals surface area contributed by atoms with Crippen LogP contribution in [0.15, 0.2) is 39.8 Å². The van der Waals surface area contributed by atoms with Gasteiger partial charge in [0, 0.05) is 32.7 Å². The standard InChI is InChI=1S/C21H29N5O5S/c1-4-22-21(28)23-20(27)18(17-9-6-5-7-10-17)25-11-8-12-26(14-13-25)32(29,30)19-15(2)24-31-16(19)3/h5-7,9-10,18H,4,8,11-14H2,1-3H3,(H2,22,23,27,28). The van der Waals surface area contributed by atoms with Gasteiger partial charge in [-0.15, -0.1) is 0 Å². The Morgan fingerprint density at radius 2 is 1.84 bits per heavy atom. The summed E-state index contributed by atoms with van der Waals surface area (Å²) >= 11 is 0. The van der Waals surface area contributed by atoms with Crippen LogP contribution in [0.1, 0.15) is 36.4 Å². The highest BCUT2D eigenvalue weighted by Crippen LogP contribution is 2.27. The van der Waals surface area contributed by atoms with Gasteiger partial charge in [0.15, 0.2) is 5.76 Å². The molecular weight excluding hydrogens is 434 g/mol. The second-order valence-corrected chi connectivity index (χ2v) is 9.48. The van der Waals surface area contributed by atoms with Crippen molar-refractivity contribution in [3.05, 3.63) is 47.3 Å². The van der Waals surface area contributed by atoms with Gasteiger partial charge in [-0.05, 0) is 32.8 Å². The molecule has 1 aromatic carbocycles. The van der Waals surface area contributed by atoms with E-state index in [0.717, 1.165) is 5.56 Å². The Hall–Kier alpha value is -2.76. The molecule has 0 aliphatic carbocycles. The molecule has 2 heterocycles. The van der Waals surface area contributed by atoms with Crippen LogP contribution in [0.5, 0.6) is 0 Å². The van der Waals surface area contributed by atoms with Crippen molar-refractivity contribution in [2.75, 3.05) is 32.7 Å². The molecule has 174 valence electrons. The number of carbonyl (C=O) groups is 2. The number of amides is 3. The molecule has 1 aliphatic rings. The Kier molecular flexibility index (Phi) is 7.64. The third kappa shape index (κ3) is 5.17. The Bertz CT molecular complexity index is 1030. The molecule has 0 saturated carbocycles. The topological polar surface area (TPSA) is 125 Å². The summed E-state index contributed by atoms with van der Waals surface area (Å²) in [5.41, 5.74) is 1.06. The van der Waals surface area contributed by atoms with Crippen molar-refractivity contribution < 1.29 is 22.5 Å². The molecule has 1 fully saturated rings. The van der Waals surface area contributed by atoms with E-state index in [2.05, 4.69) is 15.8 Å². The maximum absolute atomic E-state index is 13.2. The summed E-state index contributed by atoms with van der Waals surface area (Å²) in [7, 11) is -3.78. The third-order valence-corrected chi connectivity index (χ3v) is 7.50. The molecule has 2 N–H and O–H groups in total. The molecule has 1 unspecified atom stereocenters. The summed E-state index contributed by atoms with van der Waals surface area (Å²) in [6, 6.07) is 7.87. The first-order valence-electron chi connectivity index (χ1n) is 10.6. The molecule has 1 aromatic heterocycles. The summed E-state index contributed by atoms with van der Waals surface area (Å²) in [5.74, 6) is -0.198. The predicted octanol–water partition coefficient (Wildman–Crippen LogP) is 1.57. The molecule has 1 saturated heterocycles. The van der Waals surface area contributed by atoms with Gasteiger partial charge in [0.1, 0.15) is 16.6 Å². The van der Waals surface area contributed by atoms with Crippen molar-refractivity contribution in [3.8, 4) is 0 Å². The Labute approximate surface area is 188 Å². The maximum Gasteiger partial charge on any atom is 0.321 e. The smallest absolute Gasteiger partial charge is 0.321 e. The number of hydrogen-bond acceptors (Lipinski definition) is 7. The zero-order chi connectivity index (χ0) is 23.3. The summed E-state index contributed by atoms with van der Waals surface area (Å²) in [6.07, 6.45) is 0.528. The summed E-state index contributed by atoms with van der Waals surface area (Å²) < 4.78 is 32.9. The van der Waals surface area contributed by atoms with Crippen LogP contribution < -0.4 is 10.6 Å². The predicted molar refractivity (Wildman–Crippen MR) is 117 cm³/mol. The fraction of sp³-hybridized carbons (Fsp3) is 0.476. The number of aryl methyl sites for hydroxylation is 2. The van der Waals surface area contributed by atoms with Gasteiger partial charge in [0.2, 0.25) is 15.9 Å². The normalized spacial score (nSPS) is 16.8. The Balaban J connectivity index is 1.82. The first-order valence-corrected chi connectivity index (χ1v) is 12.0. The first-order chi connectivity index (χ1) is 15.3. The lowest BCUT2D eigenvalue weighted by atomic mass is 10.0. The van der Waals surface area contributed by atoms with E-state index in [1.165, 1.54) is 4.31 Å². The van der Waals surface area contributed by atoms with Gasteiger partial charge in [-0.25, -0.2) is 13.2 Å². The fourth-order valence-electron chi connectivity index (χ4n) is 3.93. The quantitative estimate of drug-likeness (QED) is 0.666. The minimum atomic E-state index is -3.78. The molecule has 0 spiro atoms. The van der Waals surface area contributed by atoms with E-state index in [4.69, 9.17) is 4.52 Å². The highest BCUT2D eigenvalue weighted by Gasteiger charge is 2.35. The number of nitrogens with one attached hydrogen (secondary N) is 2. The highest BCUT2D eigenvalue weighted by atomic mass is 32.2. The van der Waals surface area contributed by atoms with Gasteiger partial charge >= 0.3 is 6.03 Å². The van der Waals surface area contributed by atoms with Crippen LogP contribution in [-0.2, 0) is 14.8 Å². The van der Waals surface area contributed by atoms with Gasteiger partial charge in [-0.2, -0.15) is 4.31 Å². The van der Waals surface area contributed by atoms with Crippen molar-refractivity contribution >= 4 is 22.0 Å². The fourth-order valence-corrected chi connectivity index (χ4v) is 5.69. The van der Waals surface area contributed by atoms with E-state index in [1.54, 1.807) is 20.8 Å². The van der Waals surface area contributed by atoms with Crippen molar-refractivity contribution in [3.63, 3.8) is 0 Å². The second-order valence-electron chi connectivity index (χ2n) is 7.61. The van der Waals surface area contributed by atoms with Gasteiger partial charge in [-0.1, -0.05) is 35.5 Å². The van der Waals surface area contributed by atoms with Crippen LogP contribution in [0.3, 0.4) is 0 Å². The molecule has 2 aromatic rings. The molecule has 0 bridgehead atoms.